The lowest BCUT2D eigenvalue weighted by molar-refractivity contribution is -0.155. The summed E-state index contributed by atoms with van der Waals surface area (Å²) in [7, 11) is -4.58. The maximum atomic E-state index is 15.5. The number of hydrogen-bond acceptors (Lipinski definition) is 9. The van der Waals surface area contributed by atoms with Gasteiger partial charge in [0.25, 0.3) is 0 Å². The molecule has 66 heavy (non-hydrogen) atoms. The average molecular weight is 980 g/mol. The molecule has 3 heterocycles. The molecule has 0 spiro atoms. The van der Waals surface area contributed by atoms with Crippen molar-refractivity contribution in [3.8, 4) is 23.5 Å². The van der Waals surface area contributed by atoms with Gasteiger partial charge >= 0.3 is 24.2 Å². The summed E-state index contributed by atoms with van der Waals surface area (Å²) in [5.74, 6) is -9.66. The molecular formula is C41H36ClF10N7O6S. The van der Waals surface area contributed by atoms with Crippen molar-refractivity contribution in [1.29, 1.82) is 0 Å². The van der Waals surface area contributed by atoms with Gasteiger partial charge in [0.1, 0.15) is 30.4 Å². The van der Waals surface area contributed by atoms with Crippen LogP contribution >= 0.6 is 11.6 Å². The Labute approximate surface area is 373 Å². The van der Waals surface area contributed by atoms with Crippen LogP contribution in [-0.4, -0.2) is 75.7 Å². The average Bonchev–Trinajstić information content (AvgIpc) is 3.82. The SMILES string of the molecule is C#C[C@@H]1Cc2c(C(F)(F)F)nn(CC(=O)N[C@@H](Cc3cc(F)cc(F)c3)c3nc(C)ccc3-c3ccc(Cl)c4c(N(COC(=O)C(C)(C)CO)S(C)(=O)=O)nn(CC(F)(F)F)c34)c2C1(F)F. The summed E-state index contributed by atoms with van der Waals surface area (Å²) in [4.78, 5) is 31.2. The van der Waals surface area contributed by atoms with E-state index in [0.717, 1.165) is 18.2 Å². The molecule has 0 saturated carbocycles. The van der Waals surface area contributed by atoms with Gasteiger partial charge in [-0.15, -0.1) is 6.42 Å². The second-order valence-electron chi connectivity index (χ2n) is 16.0. The van der Waals surface area contributed by atoms with Gasteiger partial charge in [-0.25, -0.2) is 21.5 Å². The van der Waals surface area contributed by atoms with Crippen LogP contribution in [0.15, 0.2) is 42.5 Å². The number of aryl methyl sites for hydroxylation is 1. The molecule has 1 aliphatic rings. The second kappa shape index (κ2) is 17.7. The van der Waals surface area contributed by atoms with Gasteiger partial charge in [-0.1, -0.05) is 29.7 Å². The third-order valence-corrected chi connectivity index (χ3v) is 11.8. The Kier molecular flexibility index (Phi) is 13.3. The highest BCUT2D eigenvalue weighted by atomic mass is 35.5. The molecule has 0 fully saturated rings. The molecular weight excluding hydrogens is 944 g/mol. The summed E-state index contributed by atoms with van der Waals surface area (Å²) < 4.78 is 178. The number of fused-ring (bicyclic) bond motifs is 2. The number of rotatable bonds is 14. The number of aliphatic hydroxyl groups excluding tert-OH is 1. The van der Waals surface area contributed by atoms with Crippen LogP contribution in [0.25, 0.3) is 22.0 Å². The monoisotopic (exact) mass is 979 g/mol. The number of esters is 1. The van der Waals surface area contributed by atoms with E-state index in [2.05, 4.69) is 20.5 Å². The van der Waals surface area contributed by atoms with Gasteiger partial charge in [-0.3, -0.25) is 23.9 Å². The summed E-state index contributed by atoms with van der Waals surface area (Å²) in [6, 6.07) is 5.61. The highest BCUT2D eigenvalue weighted by Gasteiger charge is 2.55. The van der Waals surface area contributed by atoms with Crippen LogP contribution in [0.3, 0.4) is 0 Å². The van der Waals surface area contributed by atoms with Crippen LogP contribution in [0, 0.1) is 42.2 Å². The lowest BCUT2D eigenvalue weighted by Crippen LogP contribution is -2.38. The number of sulfonamides is 1. The third kappa shape index (κ3) is 10.1. The molecule has 2 N–H and O–H groups in total. The van der Waals surface area contributed by atoms with Crippen LogP contribution in [0.4, 0.5) is 49.7 Å². The van der Waals surface area contributed by atoms with E-state index in [0.29, 0.717) is 21.3 Å². The van der Waals surface area contributed by atoms with E-state index in [9.17, 15) is 58.2 Å². The molecule has 25 heteroatoms. The topological polar surface area (TPSA) is 162 Å². The van der Waals surface area contributed by atoms with Gasteiger partial charge in [0, 0.05) is 28.5 Å². The molecule has 2 atom stereocenters. The number of halogens is 11. The van der Waals surface area contributed by atoms with E-state index < -0.39 is 142 Å². The van der Waals surface area contributed by atoms with E-state index in [1.807, 2.05) is 0 Å². The molecule has 0 radical (unpaired) electrons. The molecule has 2 aromatic carbocycles. The molecule has 0 aliphatic heterocycles. The number of nitrogens with one attached hydrogen (secondary N) is 1. The number of carbonyl (C=O) groups excluding carboxylic acids is 2. The maximum absolute atomic E-state index is 15.5. The molecule has 1 amide bonds. The number of amides is 1. The molecule has 0 unspecified atom stereocenters. The van der Waals surface area contributed by atoms with Crippen LogP contribution in [-0.2, 0) is 62.4 Å². The quantitative estimate of drug-likeness (QED) is 0.0500. The highest BCUT2D eigenvalue weighted by molar-refractivity contribution is 7.92. The smallest absolute Gasteiger partial charge is 0.435 e. The Morgan fingerprint density at radius 2 is 1.68 bits per heavy atom. The first-order valence-electron chi connectivity index (χ1n) is 19.2. The summed E-state index contributed by atoms with van der Waals surface area (Å²) in [5, 5.41) is 18.5. The number of carbonyl (C=O) groups is 2. The lowest BCUT2D eigenvalue weighted by Gasteiger charge is -2.24. The van der Waals surface area contributed by atoms with Crippen molar-refractivity contribution in [3.05, 3.63) is 93.0 Å². The van der Waals surface area contributed by atoms with Gasteiger partial charge in [-0.2, -0.15) is 45.3 Å². The zero-order valence-electron chi connectivity index (χ0n) is 34.8. The normalized spacial score (nSPS) is 15.7. The molecule has 5 aromatic rings. The fourth-order valence-electron chi connectivity index (χ4n) is 7.32. The third-order valence-electron chi connectivity index (χ3n) is 10.4. The van der Waals surface area contributed by atoms with E-state index in [1.165, 1.54) is 39.0 Å². The number of nitrogens with zero attached hydrogens (tertiary/aromatic N) is 6. The lowest BCUT2D eigenvalue weighted by atomic mass is 9.93. The Hall–Kier alpha value is -5.93. The number of anilines is 1. The Bertz CT molecular complexity index is 2870. The number of ether oxygens (including phenoxy) is 1. The minimum atomic E-state index is -5.25. The molecule has 13 nitrogen and oxygen atoms in total. The number of hydrogen-bond donors (Lipinski definition) is 2. The number of pyridine rings is 1. The first-order valence-corrected chi connectivity index (χ1v) is 21.4. The summed E-state index contributed by atoms with van der Waals surface area (Å²) >= 11 is 6.59. The zero-order valence-corrected chi connectivity index (χ0v) is 36.3. The van der Waals surface area contributed by atoms with Crippen molar-refractivity contribution in [2.24, 2.45) is 11.3 Å². The predicted octanol–water partition coefficient (Wildman–Crippen LogP) is 7.40. The van der Waals surface area contributed by atoms with Crippen molar-refractivity contribution in [1.82, 2.24) is 29.9 Å². The summed E-state index contributed by atoms with van der Waals surface area (Å²) in [5.41, 5.74) is -6.59. The van der Waals surface area contributed by atoms with Crippen molar-refractivity contribution in [2.75, 3.05) is 23.9 Å². The van der Waals surface area contributed by atoms with Crippen molar-refractivity contribution in [3.63, 3.8) is 0 Å². The van der Waals surface area contributed by atoms with Gasteiger partial charge in [-0.05, 0) is 63.4 Å². The largest absolute Gasteiger partial charge is 0.443 e. The van der Waals surface area contributed by atoms with Crippen LogP contribution < -0.4 is 9.62 Å². The van der Waals surface area contributed by atoms with E-state index in [1.54, 1.807) is 5.92 Å². The highest BCUT2D eigenvalue weighted by Crippen LogP contribution is 2.50. The second-order valence-corrected chi connectivity index (χ2v) is 18.3. The Balaban J connectivity index is 1.54. The number of terminal acetylenes is 1. The fourth-order valence-corrected chi connectivity index (χ4v) is 8.25. The zero-order chi connectivity index (χ0) is 49.1. The van der Waals surface area contributed by atoms with E-state index in [4.69, 9.17) is 22.8 Å². The molecule has 0 saturated heterocycles. The van der Waals surface area contributed by atoms with Gasteiger partial charge in [0.2, 0.25) is 15.9 Å². The fraction of sp³-hybridized carbons (Fsp3) is 0.390. The molecule has 6 rings (SSSR count). The Morgan fingerprint density at radius 3 is 2.26 bits per heavy atom. The van der Waals surface area contributed by atoms with Crippen LogP contribution in [0.1, 0.15) is 53.8 Å². The summed E-state index contributed by atoms with van der Waals surface area (Å²) in [6.45, 7) is -1.10. The van der Waals surface area contributed by atoms with Gasteiger partial charge < -0.3 is 15.2 Å². The minimum absolute atomic E-state index is 0.143. The van der Waals surface area contributed by atoms with Crippen molar-refractivity contribution in [2.45, 2.75) is 71.0 Å². The maximum Gasteiger partial charge on any atom is 0.435 e. The van der Waals surface area contributed by atoms with Crippen LogP contribution in [0.2, 0.25) is 5.02 Å². The first-order chi connectivity index (χ1) is 30.5. The van der Waals surface area contributed by atoms with Crippen LogP contribution in [0.5, 0.6) is 0 Å². The van der Waals surface area contributed by atoms with Crippen molar-refractivity contribution < 1.29 is 71.8 Å². The van der Waals surface area contributed by atoms with Gasteiger partial charge in [0.05, 0.1) is 51.9 Å². The minimum Gasteiger partial charge on any atom is -0.443 e. The number of benzene rings is 2. The number of aliphatic hydroxyl groups is 1. The molecule has 354 valence electrons. The molecule has 0 bridgehead atoms. The van der Waals surface area contributed by atoms with E-state index in [-0.39, 0.29) is 37.8 Å². The standard InChI is InChI=1S/C41H36ClF10N7O6S/c1-6-22-14-27-34(41(50,51)52)55-57(35(27)40(22,48)49)16-30(61)54-29(13-21-11-23(43)15-24(44)12-21)32-25(8-7-20(2)53-32)26-9-10-28(42)31-33(26)58(17-39(45,46)47)56-36(31)59(66(5,63)64)19-65-37(62)38(3,4)18-60/h1,7-12,15,22,29,60H,13-14,16-19H2,2-5H3,(H,54,61)/t22-,29+/m1/s1. The van der Waals surface area contributed by atoms with Gasteiger partial charge in [0.15, 0.2) is 18.2 Å². The first kappa shape index (κ1) is 49.5. The molecule has 1 aliphatic carbocycles. The Morgan fingerprint density at radius 1 is 1.05 bits per heavy atom. The number of alkyl halides is 8. The van der Waals surface area contributed by atoms with E-state index >= 15 is 8.78 Å². The van der Waals surface area contributed by atoms with Crippen molar-refractivity contribution >= 4 is 50.2 Å². The molecule has 3 aromatic heterocycles. The predicted molar refractivity (Wildman–Crippen MR) is 216 cm³/mol. The number of aromatic nitrogens is 5. The summed E-state index contributed by atoms with van der Waals surface area (Å²) in [6.07, 6.45) is -5.97.